The van der Waals surface area contributed by atoms with Crippen molar-refractivity contribution < 1.29 is 9.13 Å². The Bertz CT molecular complexity index is 261. The van der Waals surface area contributed by atoms with Crippen molar-refractivity contribution in [2.75, 3.05) is 7.11 Å². The number of ether oxygens (including phenoxy) is 1. The molecule has 0 saturated heterocycles. The molecule has 0 amide bonds. The number of benzene rings is 1. The van der Waals surface area contributed by atoms with Crippen molar-refractivity contribution in [2.24, 2.45) is 5.73 Å². The summed E-state index contributed by atoms with van der Waals surface area (Å²) >= 11 is 0. The van der Waals surface area contributed by atoms with Gasteiger partial charge in [-0.1, -0.05) is 0 Å². The van der Waals surface area contributed by atoms with Gasteiger partial charge in [0.2, 0.25) is 0 Å². The normalized spacial score (nSPS) is 10.0. The van der Waals surface area contributed by atoms with Crippen molar-refractivity contribution in [2.45, 2.75) is 13.5 Å². The van der Waals surface area contributed by atoms with Crippen LogP contribution >= 0.6 is 0 Å². The van der Waals surface area contributed by atoms with Gasteiger partial charge in [0.15, 0.2) is 11.6 Å². The van der Waals surface area contributed by atoms with Gasteiger partial charge in [-0.25, -0.2) is 4.39 Å². The monoisotopic (exact) mass is 169 g/mol. The zero-order valence-corrected chi connectivity index (χ0v) is 7.23. The minimum absolute atomic E-state index is 0.251. The second-order valence-electron chi connectivity index (χ2n) is 2.62. The standard InChI is InChI=1S/C9H12FNO/c1-6-3-8(10)9(12-2)4-7(6)5-11/h3-4H,5,11H2,1-2H3. The summed E-state index contributed by atoms with van der Waals surface area (Å²) in [5, 5.41) is 0. The predicted molar refractivity (Wildman–Crippen MR) is 45.6 cm³/mol. The lowest BCUT2D eigenvalue weighted by atomic mass is 10.1. The van der Waals surface area contributed by atoms with Crippen LogP contribution in [0.4, 0.5) is 4.39 Å². The van der Waals surface area contributed by atoms with Crippen LogP contribution in [-0.4, -0.2) is 7.11 Å². The van der Waals surface area contributed by atoms with Crippen molar-refractivity contribution in [3.05, 3.63) is 29.1 Å². The van der Waals surface area contributed by atoms with Crippen molar-refractivity contribution in [1.82, 2.24) is 0 Å². The minimum Gasteiger partial charge on any atom is -0.494 e. The summed E-state index contributed by atoms with van der Waals surface area (Å²) in [4.78, 5) is 0. The van der Waals surface area contributed by atoms with E-state index in [1.54, 1.807) is 6.07 Å². The van der Waals surface area contributed by atoms with Crippen molar-refractivity contribution in [1.29, 1.82) is 0 Å². The maximum atomic E-state index is 13.0. The summed E-state index contributed by atoms with van der Waals surface area (Å²) in [6.07, 6.45) is 0. The van der Waals surface area contributed by atoms with Crippen LogP contribution in [-0.2, 0) is 6.54 Å². The molecule has 0 saturated carbocycles. The first-order chi connectivity index (χ1) is 5.69. The average Bonchev–Trinajstić information content (AvgIpc) is 2.05. The zero-order valence-electron chi connectivity index (χ0n) is 7.23. The van der Waals surface area contributed by atoms with Gasteiger partial charge in [0.1, 0.15) is 0 Å². The lowest BCUT2D eigenvalue weighted by Crippen LogP contribution is -2.01. The molecule has 0 aliphatic heterocycles. The molecule has 0 unspecified atom stereocenters. The van der Waals surface area contributed by atoms with Crippen molar-refractivity contribution >= 4 is 0 Å². The lowest BCUT2D eigenvalue weighted by molar-refractivity contribution is 0.385. The Morgan fingerprint density at radius 1 is 1.50 bits per heavy atom. The molecule has 3 heteroatoms. The summed E-state index contributed by atoms with van der Waals surface area (Å²) < 4.78 is 17.8. The predicted octanol–water partition coefficient (Wildman–Crippen LogP) is 1.60. The third-order valence-electron chi connectivity index (χ3n) is 1.83. The van der Waals surface area contributed by atoms with Gasteiger partial charge in [-0.05, 0) is 30.2 Å². The van der Waals surface area contributed by atoms with Gasteiger partial charge in [0.05, 0.1) is 7.11 Å². The fourth-order valence-corrected chi connectivity index (χ4v) is 1.07. The van der Waals surface area contributed by atoms with Gasteiger partial charge >= 0.3 is 0 Å². The molecule has 0 bridgehead atoms. The summed E-state index contributed by atoms with van der Waals surface area (Å²) in [6.45, 7) is 2.23. The maximum absolute atomic E-state index is 13.0. The second kappa shape index (κ2) is 3.54. The van der Waals surface area contributed by atoms with E-state index >= 15 is 0 Å². The first kappa shape index (κ1) is 9.00. The molecule has 0 atom stereocenters. The molecule has 2 nitrogen and oxygen atoms in total. The highest BCUT2D eigenvalue weighted by Crippen LogP contribution is 2.21. The number of halogens is 1. The van der Waals surface area contributed by atoms with E-state index < -0.39 is 0 Å². The summed E-state index contributed by atoms with van der Waals surface area (Å²) in [5.74, 6) is -0.0896. The zero-order chi connectivity index (χ0) is 9.14. The largest absolute Gasteiger partial charge is 0.494 e. The van der Waals surface area contributed by atoms with Crippen LogP contribution in [0.3, 0.4) is 0 Å². The van der Waals surface area contributed by atoms with Gasteiger partial charge in [0.25, 0.3) is 0 Å². The van der Waals surface area contributed by atoms with E-state index in [4.69, 9.17) is 10.5 Å². The Balaban J connectivity index is 3.18. The fourth-order valence-electron chi connectivity index (χ4n) is 1.07. The summed E-state index contributed by atoms with van der Waals surface area (Å²) in [6, 6.07) is 3.06. The maximum Gasteiger partial charge on any atom is 0.165 e. The third kappa shape index (κ3) is 1.56. The van der Waals surface area contributed by atoms with Gasteiger partial charge in [-0.15, -0.1) is 0 Å². The summed E-state index contributed by atoms with van der Waals surface area (Å²) in [7, 11) is 1.44. The SMILES string of the molecule is COc1cc(CN)c(C)cc1F. The number of rotatable bonds is 2. The molecule has 0 aliphatic carbocycles. The minimum atomic E-state index is -0.341. The smallest absolute Gasteiger partial charge is 0.165 e. The Morgan fingerprint density at radius 3 is 2.67 bits per heavy atom. The molecule has 2 N–H and O–H groups in total. The van der Waals surface area contributed by atoms with E-state index in [9.17, 15) is 4.39 Å². The van der Waals surface area contributed by atoms with Crippen LogP contribution in [0.1, 0.15) is 11.1 Å². The molecule has 1 aromatic carbocycles. The number of methoxy groups -OCH3 is 1. The topological polar surface area (TPSA) is 35.2 Å². The number of nitrogens with two attached hydrogens (primary N) is 1. The van der Waals surface area contributed by atoms with E-state index in [-0.39, 0.29) is 11.6 Å². The highest BCUT2D eigenvalue weighted by molar-refractivity contribution is 5.36. The van der Waals surface area contributed by atoms with Crippen LogP contribution in [0.25, 0.3) is 0 Å². The van der Waals surface area contributed by atoms with E-state index in [1.165, 1.54) is 13.2 Å². The molecular weight excluding hydrogens is 157 g/mol. The van der Waals surface area contributed by atoms with Crippen LogP contribution in [0, 0.1) is 12.7 Å². The Morgan fingerprint density at radius 2 is 2.17 bits per heavy atom. The van der Waals surface area contributed by atoms with Crippen LogP contribution in [0.15, 0.2) is 12.1 Å². The van der Waals surface area contributed by atoms with Crippen molar-refractivity contribution in [3.8, 4) is 5.75 Å². The number of hydrogen-bond donors (Lipinski definition) is 1. The Hall–Kier alpha value is -1.09. The number of aryl methyl sites for hydroxylation is 1. The van der Waals surface area contributed by atoms with E-state index in [0.717, 1.165) is 11.1 Å². The number of hydrogen-bond acceptors (Lipinski definition) is 2. The molecule has 1 rings (SSSR count). The Labute approximate surface area is 71.1 Å². The van der Waals surface area contributed by atoms with E-state index in [2.05, 4.69) is 0 Å². The summed E-state index contributed by atoms with van der Waals surface area (Å²) in [5.41, 5.74) is 7.21. The molecule has 0 spiro atoms. The van der Waals surface area contributed by atoms with Crippen LogP contribution in [0.2, 0.25) is 0 Å². The molecule has 0 radical (unpaired) electrons. The first-order valence-corrected chi connectivity index (χ1v) is 3.72. The second-order valence-corrected chi connectivity index (χ2v) is 2.62. The van der Waals surface area contributed by atoms with E-state index in [0.29, 0.717) is 6.54 Å². The fraction of sp³-hybridized carbons (Fsp3) is 0.333. The molecule has 0 fully saturated rings. The van der Waals surface area contributed by atoms with Gasteiger partial charge in [0, 0.05) is 6.54 Å². The highest BCUT2D eigenvalue weighted by atomic mass is 19.1. The first-order valence-electron chi connectivity index (χ1n) is 3.72. The van der Waals surface area contributed by atoms with Crippen molar-refractivity contribution in [3.63, 3.8) is 0 Å². The van der Waals surface area contributed by atoms with Gasteiger partial charge < -0.3 is 10.5 Å². The molecular formula is C9H12FNO. The Kier molecular flexibility index (Phi) is 2.65. The van der Waals surface area contributed by atoms with Crippen LogP contribution in [0.5, 0.6) is 5.75 Å². The molecule has 0 heterocycles. The molecule has 0 aliphatic rings. The van der Waals surface area contributed by atoms with Gasteiger partial charge in [-0.2, -0.15) is 0 Å². The molecule has 66 valence electrons. The molecule has 0 aromatic heterocycles. The third-order valence-corrected chi connectivity index (χ3v) is 1.83. The molecule has 1 aromatic rings. The average molecular weight is 169 g/mol. The van der Waals surface area contributed by atoms with Crippen LogP contribution < -0.4 is 10.5 Å². The van der Waals surface area contributed by atoms with E-state index in [1.807, 2.05) is 6.92 Å². The quantitative estimate of drug-likeness (QED) is 0.729. The highest BCUT2D eigenvalue weighted by Gasteiger charge is 2.05. The van der Waals surface area contributed by atoms with Gasteiger partial charge in [-0.3, -0.25) is 0 Å². The lowest BCUT2D eigenvalue weighted by Gasteiger charge is -2.06. The molecule has 12 heavy (non-hydrogen) atoms.